The van der Waals surface area contributed by atoms with E-state index in [1.54, 1.807) is 6.07 Å². The normalized spacial score (nSPS) is 11.6. The Balaban J connectivity index is 2.79. The lowest BCUT2D eigenvalue weighted by Crippen LogP contribution is -2.38. The van der Waals surface area contributed by atoms with Crippen molar-refractivity contribution < 1.29 is 0 Å². The standard InChI is InChI=1S/C15H22ClN3/c1-4-19(11-15(2,3)10-18)9-13-6-5-12(8-17)7-14(13)16/h5-7H,4,9-11,18H2,1-3H3. The Morgan fingerprint density at radius 2 is 2.11 bits per heavy atom. The van der Waals surface area contributed by atoms with Gasteiger partial charge in [0.25, 0.3) is 0 Å². The van der Waals surface area contributed by atoms with Crippen LogP contribution in [0.1, 0.15) is 31.9 Å². The summed E-state index contributed by atoms with van der Waals surface area (Å²) in [5.74, 6) is 0. The molecule has 0 saturated heterocycles. The zero-order valence-corrected chi connectivity index (χ0v) is 12.7. The van der Waals surface area contributed by atoms with Gasteiger partial charge in [0.15, 0.2) is 0 Å². The van der Waals surface area contributed by atoms with Crippen molar-refractivity contribution in [1.29, 1.82) is 5.26 Å². The lowest BCUT2D eigenvalue weighted by Gasteiger charge is -2.31. The molecule has 2 N–H and O–H groups in total. The number of benzene rings is 1. The predicted octanol–water partition coefficient (Wildman–Crippen LogP) is 3.02. The first-order valence-electron chi connectivity index (χ1n) is 6.53. The molecule has 1 aromatic carbocycles. The fourth-order valence-corrected chi connectivity index (χ4v) is 2.18. The third-order valence-corrected chi connectivity index (χ3v) is 3.58. The average molecular weight is 280 g/mol. The minimum absolute atomic E-state index is 0.0923. The van der Waals surface area contributed by atoms with Gasteiger partial charge in [0.05, 0.1) is 11.6 Å². The SMILES string of the molecule is CCN(Cc1ccc(C#N)cc1Cl)CC(C)(C)CN. The van der Waals surface area contributed by atoms with Crippen LogP contribution >= 0.6 is 11.6 Å². The van der Waals surface area contributed by atoms with Crippen LogP contribution in [0.3, 0.4) is 0 Å². The highest BCUT2D eigenvalue weighted by molar-refractivity contribution is 6.31. The summed E-state index contributed by atoms with van der Waals surface area (Å²) in [6.07, 6.45) is 0. The van der Waals surface area contributed by atoms with E-state index in [9.17, 15) is 0 Å². The Morgan fingerprint density at radius 1 is 1.42 bits per heavy atom. The largest absolute Gasteiger partial charge is 0.330 e. The van der Waals surface area contributed by atoms with E-state index < -0.39 is 0 Å². The van der Waals surface area contributed by atoms with Crippen molar-refractivity contribution in [2.75, 3.05) is 19.6 Å². The molecule has 0 bridgehead atoms. The maximum atomic E-state index is 8.83. The summed E-state index contributed by atoms with van der Waals surface area (Å²) in [4.78, 5) is 2.32. The zero-order valence-electron chi connectivity index (χ0n) is 11.9. The molecule has 0 aliphatic heterocycles. The summed E-state index contributed by atoms with van der Waals surface area (Å²) in [7, 11) is 0. The molecule has 3 nitrogen and oxygen atoms in total. The fourth-order valence-electron chi connectivity index (χ4n) is 1.94. The molecule has 0 fully saturated rings. The molecule has 0 spiro atoms. The van der Waals surface area contributed by atoms with Gasteiger partial charge in [0, 0.05) is 18.1 Å². The Morgan fingerprint density at radius 3 is 2.58 bits per heavy atom. The first-order chi connectivity index (χ1) is 8.91. The van der Waals surface area contributed by atoms with E-state index in [2.05, 4.69) is 31.7 Å². The molecule has 0 radical (unpaired) electrons. The van der Waals surface area contributed by atoms with E-state index in [1.807, 2.05) is 12.1 Å². The van der Waals surface area contributed by atoms with E-state index in [0.29, 0.717) is 17.1 Å². The van der Waals surface area contributed by atoms with Gasteiger partial charge in [0.1, 0.15) is 0 Å². The van der Waals surface area contributed by atoms with Crippen LogP contribution in [0.25, 0.3) is 0 Å². The van der Waals surface area contributed by atoms with Crippen molar-refractivity contribution >= 4 is 11.6 Å². The Kier molecular flexibility index (Phi) is 5.81. The summed E-state index contributed by atoms with van der Waals surface area (Å²) in [5, 5.41) is 9.49. The maximum absolute atomic E-state index is 8.83. The predicted molar refractivity (Wildman–Crippen MR) is 80.0 cm³/mol. The molecule has 0 aliphatic carbocycles. The van der Waals surface area contributed by atoms with Crippen molar-refractivity contribution in [3.05, 3.63) is 34.3 Å². The topological polar surface area (TPSA) is 53.0 Å². The van der Waals surface area contributed by atoms with Crippen molar-refractivity contribution in [1.82, 2.24) is 4.90 Å². The molecule has 19 heavy (non-hydrogen) atoms. The van der Waals surface area contributed by atoms with Gasteiger partial charge in [-0.3, -0.25) is 4.90 Å². The molecule has 104 valence electrons. The highest BCUT2D eigenvalue weighted by Crippen LogP contribution is 2.22. The number of nitrogens with two attached hydrogens (primary N) is 1. The van der Waals surface area contributed by atoms with E-state index in [4.69, 9.17) is 22.6 Å². The van der Waals surface area contributed by atoms with Crippen LogP contribution in [0, 0.1) is 16.7 Å². The van der Waals surface area contributed by atoms with Gasteiger partial charge in [-0.15, -0.1) is 0 Å². The van der Waals surface area contributed by atoms with Gasteiger partial charge in [-0.1, -0.05) is 38.4 Å². The van der Waals surface area contributed by atoms with Crippen LogP contribution in [-0.4, -0.2) is 24.5 Å². The molecule has 0 aromatic heterocycles. The number of halogens is 1. The maximum Gasteiger partial charge on any atom is 0.0992 e. The monoisotopic (exact) mass is 279 g/mol. The number of nitriles is 1. The van der Waals surface area contributed by atoms with Gasteiger partial charge in [-0.05, 0) is 36.2 Å². The smallest absolute Gasteiger partial charge is 0.0992 e. The quantitative estimate of drug-likeness (QED) is 0.871. The highest BCUT2D eigenvalue weighted by atomic mass is 35.5. The van der Waals surface area contributed by atoms with Gasteiger partial charge >= 0.3 is 0 Å². The van der Waals surface area contributed by atoms with Crippen molar-refractivity contribution in [2.24, 2.45) is 11.1 Å². The van der Waals surface area contributed by atoms with Gasteiger partial charge < -0.3 is 5.73 Å². The Bertz CT molecular complexity index is 463. The summed E-state index contributed by atoms with van der Waals surface area (Å²) in [6.45, 7) is 9.77. The third kappa shape index (κ3) is 4.83. The molecular weight excluding hydrogens is 258 g/mol. The van der Waals surface area contributed by atoms with Crippen molar-refractivity contribution in [3.63, 3.8) is 0 Å². The second-order valence-corrected chi connectivity index (χ2v) is 6.00. The van der Waals surface area contributed by atoms with E-state index >= 15 is 0 Å². The van der Waals surface area contributed by atoms with E-state index in [-0.39, 0.29) is 5.41 Å². The molecular formula is C15H22ClN3. The average Bonchev–Trinajstić information content (AvgIpc) is 2.39. The molecule has 0 aliphatic rings. The third-order valence-electron chi connectivity index (χ3n) is 3.23. The summed E-state index contributed by atoms with van der Waals surface area (Å²) in [6, 6.07) is 7.55. The number of hydrogen-bond donors (Lipinski definition) is 1. The van der Waals surface area contributed by atoms with Gasteiger partial charge in [-0.25, -0.2) is 0 Å². The molecule has 0 amide bonds. The summed E-state index contributed by atoms with van der Waals surface area (Å²) >= 11 is 6.21. The minimum Gasteiger partial charge on any atom is -0.330 e. The lowest BCUT2D eigenvalue weighted by molar-refractivity contribution is 0.183. The van der Waals surface area contributed by atoms with Crippen LogP contribution in [0.5, 0.6) is 0 Å². The number of hydrogen-bond acceptors (Lipinski definition) is 3. The van der Waals surface area contributed by atoms with Crippen molar-refractivity contribution in [3.8, 4) is 6.07 Å². The van der Waals surface area contributed by atoms with Crippen LogP contribution in [0.4, 0.5) is 0 Å². The number of rotatable bonds is 6. The molecule has 4 heteroatoms. The Labute approximate surface area is 121 Å². The molecule has 0 unspecified atom stereocenters. The molecule has 1 aromatic rings. The minimum atomic E-state index is 0.0923. The fraction of sp³-hybridized carbons (Fsp3) is 0.533. The van der Waals surface area contributed by atoms with Crippen LogP contribution in [0.2, 0.25) is 5.02 Å². The Hall–Kier alpha value is -1.08. The second kappa shape index (κ2) is 6.91. The lowest BCUT2D eigenvalue weighted by atomic mass is 9.93. The highest BCUT2D eigenvalue weighted by Gasteiger charge is 2.20. The van der Waals surface area contributed by atoms with Crippen LogP contribution in [0.15, 0.2) is 18.2 Å². The molecule has 0 atom stereocenters. The number of nitrogens with zero attached hydrogens (tertiary/aromatic N) is 2. The summed E-state index contributed by atoms with van der Waals surface area (Å²) < 4.78 is 0. The van der Waals surface area contributed by atoms with E-state index in [1.165, 1.54) is 0 Å². The first-order valence-corrected chi connectivity index (χ1v) is 6.90. The van der Waals surface area contributed by atoms with Gasteiger partial charge in [-0.2, -0.15) is 5.26 Å². The van der Waals surface area contributed by atoms with Crippen LogP contribution in [-0.2, 0) is 6.54 Å². The van der Waals surface area contributed by atoms with E-state index in [0.717, 1.165) is 25.2 Å². The first kappa shape index (κ1) is 16.0. The van der Waals surface area contributed by atoms with Crippen molar-refractivity contribution in [2.45, 2.75) is 27.3 Å². The zero-order chi connectivity index (χ0) is 14.5. The molecule has 1 rings (SSSR count). The second-order valence-electron chi connectivity index (χ2n) is 5.59. The van der Waals surface area contributed by atoms with Crippen LogP contribution < -0.4 is 5.73 Å². The summed E-state index contributed by atoms with van der Waals surface area (Å²) in [5.41, 5.74) is 7.52. The molecule has 0 saturated carbocycles. The van der Waals surface area contributed by atoms with Gasteiger partial charge in [0.2, 0.25) is 0 Å². The molecule has 0 heterocycles.